The Balaban J connectivity index is 1.55. The molecule has 0 spiro atoms. The number of halogens is 1. The van der Waals surface area contributed by atoms with E-state index in [4.69, 9.17) is 9.47 Å². The minimum absolute atomic E-state index is 0.0176. The van der Waals surface area contributed by atoms with E-state index < -0.39 is 0 Å². The van der Waals surface area contributed by atoms with Gasteiger partial charge in [-0.1, -0.05) is 32.9 Å². The molecule has 0 unspecified atom stereocenters. The van der Waals surface area contributed by atoms with E-state index in [1.165, 1.54) is 0 Å². The van der Waals surface area contributed by atoms with Crippen molar-refractivity contribution in [3.8, 4) is 34.5 Å². The van der Waals surface area contributed by atoms with Crippen molar-refractivity contribution in [3.63, 3.8) is 0 Å². The summed E-state index contributed by atoms with van der Waals surface area (Å²) in [5.41, 5.74) is 2.93. The van der Waals surface area contributed by atoms with Crippen LogP contribution >= 0.6 is 15.9 Å². The highest BCUT2D eigenvalue weighted by Crippen LogP contribution is 2.31. The molecule has 0 aliphatic carbocycles. The van der Waals surface area contributed by atoms with E-state index in [1.54, 1.807) is 12.4 Å². The molecule has 4 rings (SSSR count). The van der Waals surface area contributed by atoms with Crippen LogP contribution in [-0.4, -0.2) is 15.0 Å². The summed E-state index contributed by atoms with van der Waals surface area (Å²) in [7, 11) is 0. The van der Waals surface area contributed by atoms with Gasteiger partial charge in [0, 0.05) is 36.2 Å². The Morgan fingerprint density at radius 3 is 2.23 bits per heavy atom. The maximum absolute atomic E-state index is 6.01. The molecule has 5 nitrogen and oxygen atoms in total. The van der Waals surface area contributed by atoms with Gasteiger partial charge in [0.2, 0.25) is 11.8 Å². The quantitative estimate of drug-likeness (QED) is 0.286. The Hall–Kier alpha value is -3.25. The smallest absolute Gasteiger partial charge is 0.220 e. The Morgan fingerprint density at radius 2 is 1.52 bits per heavy atom. The normalized spacial score (nSPS) is 11.2. The maximum atomic E-state index is 6.01. The number of pyridine rings is 3. The van der Waals surface area contributed by atoms with Gasteiger partial charge < -0.3 is 9.47 Å². The Labute approximate surface area is 190 Å². The van der Waals surface area contributed by atoms with E-state index in [-0.39, 0.29) is 5.41 Å². The van der Waals surface area contributed by atoms with E-state index in [1.807, 2.05) is 66.7 Å². The van der Waals surface area contributed by atoms with Crippen LogP contribution in [0.25, 0.3) is 11.3 Å². The summed E-state index contributed by atoms with van der Waals surface area (Å²) in [6.07, 6.45) is 3.52. The third kappa shape index (κ3) is 5.47. The number of benzene rings is 1. The van der Waals surface area contributed by atoms with Gasteiger partial charge in [0.25, 0.3) is 0 Å². The fraction of sp³-hybridized carbons (Fsp3) is 0.160. The van der Waals surface area contributed by atoms with Crippen molar-refractivity contribution in [2.45, 2.75) is 26.2 Å². The second kappa shape index (κ2) is 8.86. The van der Waals surface area contributed by atoms with Gasteiger partial charge in [-0.15, -0.1) is 0 Å². The first-order valence-corrected chi connectivity index (χ1v) is 10.7. The van der Waals surface area contributed by atoms with Crippen LogP contribution in [0.2, 0.25) is 0 Å². The lowest BCUT2D eigenvalue weighted by atomic mass is 9.88. The molecule has 0 aliphatic heterocycles. The predicted molar refractivity (Wildman–Crippen MR) is 125 cm³/mol. The fourth-order valence-corrected chi connectivity index (χ4v) is 3.40. The number of ether oxygens (including phenoxy) is 2. The summed E-state index contributed by atoms with van der Waals surface area (Å²) >= 11 is 3.45. The van der Waals surface area contributed by atoms with Crippen LogP contribution in [0.4, 0.5) is 0 Å². The molecule has 0 bridgehead atoms. The summed E-state index contributed by atoms with van der Waals surface area (Å²) < 4.78 is 12.7. The zero-order valence-electron chi connectivity index (χ0n) is 17.5. The molecule has 156 valence electrons. The number of hydrogen-bond donors (Lipinski definition) is 0. The monoisotopic (exact) mass is 475 g/mol. The summed E-state index contributed by atoms with van der Waals surface area (Å²) in [6, 6.07) is 20.9. The molecule has 31 heavy (non-hydrogen) atoms. The van der Waals surface area contributed by atoms with E-state index in [2.05, 4.69) is 51.7 Å². The number of nitrogens with zero attached hydrogens (tertiary/aromatic N) is 3. The van der Waals surface area contributed by atoms with Crippen molar-refractivity contribution in [2.75, 3.05) is 0 Å². The first-order valence-electron chi connectivity index (χ1n) is 9.88. The molecule has 4 aromatic rings. The molecule has 0 fully saturated rings. The van der Waals surface area contributed by atoms with Crippen molar-refractivity contribution in [2.24, 2.45) is 0 Å². The van der Waals surface area contributed by atoms with Crippen molar-refractivity contribution in [1.82, 2.24) is 15.0 Å². The van der Waals surface area contributed by atoms with Gasteiger partial charge in [0.1, 0.15) is 16.1 Å². The Bertz CT molecular complexity index is 1190. The SMILES string of the molecule is CC(C)(C)c1ccnc(Oc2cccc(Oc3cc(-c4ccccn4)cc(Br)n3)c2)c1. The zero-order valence-corrected chi connectivity index (χ0v) is 19.1. The molecule has 0 radical (unpaired) electrons. The van der Waals surface area contributed by atoms with Crippen LogP contribution in [0, 0.1) is 0 Å². The van der Waals surface area contributed by atoms with Gasteiger partial charge in [0.15, 0.2) is 0 Å². The largest absolute Gasteiger partial charge is 0.439 e. The van der Waals surface area contributed by atoms with Gasteiger partial charge in [-0.25, -0.2) is 9.97 Å². The molecular formula is C25H22BrN3O2. The highest BCUT2D eigenvalue weighted by molar-refractivity contribution is 9.10. The van der Waals surface area contributed by atoms with Crippen molar-refractivity contribution >= 4 is 15.9 Å². The molecule has 0 aliphatic rings. The minimum atomic E-state index is 0.0176. The van der Waals surface area contributed by atoms with Crippen LogP contribution in [0.15, 0.2) is 83.7 Å². The molecule has 1 aromatic carbocycles. The van der Waals surface area contributed by atoms with Crippen molar-refractivity contribution in [3.05, 3.63) is 89.3 Å². The maximum Gasteiger partial charge on any atom is 0.220 e. The van der Waals surface area contributed by atoms with E-state index >= 15 is 0 Å². The highest BCUT2D eigenvalue weighted by atomic mass is 79.9. The van der Waals surface area contributed by atoms with Crippen LogP contribution in [0.5, 0.6) is 23.3 Å². The van der Waals surface area contributed by atoms with Crippen molar-refractivity contribution < 1.29 is 9.47 Å². The molecule has 6 heteroatoms. The third-order valence-electron chi connectivity index (χ3n) is 4.58. The van der Waals surface area contributed by atoms with Crippen molar-refractivity contribution in [1.29, 1.82) is 0 Å². The van der Waals surface area contributed by atoms with Crippen LogP contribution < -0.4 is 9.47 Å². The average Bonchev–Trinajstić information content (AvgIpc) is 2.74. The lowest BCUT2D eigenvalue weighted by Crippen LogP contribution is -2.11. The molecular weight excluding hydrogens is 454 g/mol. The van der Waals surface area contributed by atoms with Gasteiger partial charge in [-0.2, -0.15) is 0 Å². The molecule has 0 saturated carbocycles. The lowest BCUT2D eigenvalue weighted by molar-refractivity contribution is 0.440. The predicted octanol–water partition coefficient (Wildman–Crippen LogP) is 7.18. The number of hydrogen-bond acceptors (Lipinski definition) is 5. The second-order valence-electron chi connectivity index (χ2n) is 8.04. The number of aromatic nitrogens is 3. The summed E-state index contributed by atoms with van der Waals surface area (Å²) in [6.45, 7) is 6.47. The molecule has 0 amide bonds. The molecule has 3 aromatic heterocycles. The summed E-state index contributed by atoms with van der Waals surface area (Å²) in [5, 5.41) is 0. The molecule has 0 N–H and O–H groups in total. The van der Waals surface area contributed by atoms with E-state index in [0.717, 1.165) is 16.8 Å². The highest BCUT2D eigenvalue weighted by Gasteiger charge is 2.15. The van der Waals surface area contributed by atoms with Gasteiger partial charge in [0.05, 0.1) is 5.69 Å². The first-order chi connectivity index (χ1) is 14.9. The summed E-state index contributed by atoms with van der Waals surface area (Å²) in [5.74, 6) is 2.25. The second-order valence-corrected chi connectivity index (χ2v) is 8.86. The topological polar surface area (TPSA) is 57.1 Å². The Kier molecular flexibility index (Phi) is 6.00. The molecule has 0 atom stereocenters. The lowest BCUT2D eigenvalue weighted by Gasteiger charge is -2.19. The van der Waals surface area contributed by atoms with Crippen LogP contribution in [0.1, 0.15) is 26.3 Å². The number of rotatable bonds is 5. The summed E-state index contributed by atoms with van der Waals surface area (Å²) in [4.78, 5) is 13.1. The van der Waals surface area contributed by atoms with E-state index in [9.17, 15) is 0 Å². The first kappa shape index (κ1) is 21.0. The third-order valence-corrected chi connectivity index (χ3v) is 4.99. The Morgan fingerprint density at radius 1 is 0.742 bits per heavy atom. The fourth-order valence-electron chi connectivity index (χ4n) is 2.98. The molecule has 3 heterocycles. The van der Waals surface area contributed by atoms with Gasteiger partial charge in [-0.3, -0.25) is 4.98 Å². The van der Waals surface area contributed by atoms with Gasteiger partial charge in [-0.05, 0) is 63.3 Å². The van der Waals surface area contributed by atoms with E-state index in [0.29, 0.717) is 27.9 Å². The zero-order chi connectivity index (χ0) is 21.8. The minimum Gasteiger partial charge on any atom is -0.439 e. The van der Waals surface area contributed by atoms with Gasteiger partial charge >= 0.3 is 0 Å². The average molecular weight is 476 g/mol. The van der Waals surface area contributed by atoms with Crippen LogP contribution in [-0.2, 0) is 5.41 Å². The standard InChI is InChI=1S/C25H22BrN3O2/c1-25(2,3)18-10-12-28-23(15-18)30-19-7-6-8-20(16-19)31-24-14-17(13-22(26)29-24)21-9-4-5-11-27-21/h4-16H,1-3H3. The van der Waals surface area contributed by atoms with Crippen LogP contribution in [0.3, 0.4) is 0 Å². The molecule has 0 saturated heterocycles.